The van der Waals surface area contributed by atoms with Gasteiger partial charge in [0.25, 0.3) is 0 Å². The summed E-state index contributed by atoms with van der Waals surface area (Å²) in [5.74, 6) is 4.02. The molecule has 2 aromatic heterocycles. The van der Waals surface area contributed by atoms with E-state index in [9.17, 15) is 0 Å². The molecular formula is C18H30IN7O. The van der Waals surface area contributed by atoms with Gasteiger partial charge in [0.05, 0.1) is 12.2 Å². The molecule has 8 nitrogen and oxygen atoms in total. The molecule has 0 saturated heterocycles. The van der Waals surface area contributed by atoms with Crippen molar-refractivity contribution in [1.82, 2.24) is 30.6 Å². The molecule has 3 rings (SSSR count). The first-order chi connectivity index (χ1) is 12.7. The van der Waals surface area contributed by atoms with Gasteiger partial charge in [-0.15, -0.1) is 34.2 Å². The molecule has 0 aromatic carbocycles. The fraction of sp³-hybridized carbons (Fsp3) is 0.667. The molecule has 0 unspecified atom stereocenters. The van der Waals surface area contributed by atoms with E-state index in [4.69, 9.17) is 4.52 Å². The average Bonchev–Trinajstić information content (AvgIpc) is 3.36. The molecule has 0 spiro atoms. The van der Waals surface area contributed by atoms with E-state index in [0.717, 1.165) is 67.8 Å². The molecular weight excluding hydrogens is 457 g/mol. The van der Waals surface area contributed by atoms with Crippen LogP contribution in [0.2, 0.25) is 0 Å². The van der Waals surface area contributed by atoms with E-state index in [2.05, 4.69) is 49.4 Å². The maximum absolute atomic E-state index is 5.47. The van der Waals surface area contributed by atoms with Gasteiger partial charge in [0.2, 0.25) is 0 Å². The minimum absolute atomic E-state index is 0. The van der Waals surface area contributed by atoms with Gasteiger partial charge in [0.15, 0.2) is 17.5 Å². The zero-order chi connectivity index (χ0) is 18.4. The SMILES string of the molecule is CCNC(=NCc1nnc2n1CCC2)NCc1cc(C(CC)CC)no1.I. The highest BCUT2D eigenvalue weighted by molar-refractivity contribution is 14.0. The second-order valence-corrected chi connectivity index (χ2v) is 6.57. The van der Waals surface area contributed by atoms with Crippen LogP contribution in [0.5, 0.6) is 0 Å². The number of aliphatic imine (C=N–C) groups is 1. The van der Waals surface area contributed by atoms with Crippen LogP contribution in [0.1, 0.15) is 69.1 Å². The molecule has 1 aliphatic heterocycles. The predicted molar refractivity (Wildman–Crippen MR) is 115 cm³/mol. The van der Waals surface area contributed by atoms with Gasteiger partial charge in [-0.25, -0.2) is 4.99 Å². The van der Waals surface area contributed by atoms with E-state index >= 15 is 0 Å². The first-order valence-corrected chi connectivity index (χ1v) is 9.63. The lowest BCUT2D eigenvalue weighted by atomic mass is 9.99. The highest BCUT2D eigenvalue weighted by Crippen LogP contribution is 2.22. The number of aromatic nitrogens is 4. The Morgan fingerprint density at radius 3 is 2.81 bits per heavy atom. The van der Waals surface area contributed by atoms with Crippen LogP contribution in [0.4, 0.5) is 0 Å². The molecule has 0 aliphatic carbocycles. The summed E-state index contributed by atoms with van der Waals surface area (Å²) >= 11 is 0. The van der Waals surface area contributed by atoms with E-state index in [0.29, 0.717) is 19.0 Å². The predicted octanol–water partition coefficient (Wildman–Crippen LogP) is 2.99. The van der Waals surface area contributed by atoms with E-state index in [1.165, 1.54) is 0 Å². The summed E-state index contributed by atoms with van der Waals surface area (Å²) < 4.78 is 7.64. The van der Waals surface area contributed by atoms with Gasteiger partial charge >= 0.3 is 0 Å². The molecule has 0 bridgehead atoms. The van der Waals surface area contributed by atoms with E-state index in [1.54, 1.807) is 0 Å². The number of nitrogens with one attached hydrogen (secondary N) is 2. The van der Waals surface area contributed by atoms with Crippen LogP contribution in [0.3, 0.4) is 0 Å². The van der Waals surface area contributed by atoms with Gasteiger partial charge in [0.1, 0.15) is 12.4 Å². The third-order valence-electron chi connectivity index (χ3n) is 4.82. The fourth-order valence-corrected chi connectivity index (χ4v) is 3.30. The second-order valence-electron chi connectivity index (χ2n) is 6.57. The molecule has 0 saturated carbocycles. The summed E-state index contributed by atoms with van der Waals surface area (Å²) in [5.41, 5.74) is 1.03. The van der Waals surface area contributed by atoms with E-state index in [1.807, 2.05) is 13.0 Å². The topological polar surface area (TPSA) is 93.2 Å². The minimum atomic E-state index is 0. The Hall–Kier alpha value is -1.65. The van der Waals surface area contributed by atoms with Crippen LogP contribution >= 0.6 is 24.0 Å². The number of hydrogen-bond acceptors (Lipinski definition) is 5. The smallest absolute Gasteiger partial charge is 0.192 e. The van der Waals surface area contributed by atoms with Crippen LogP contribution < -0.4 is 10.6 Å². The van der Waals surface area contributed by atoms with E-state index < -0.39 is 0 Å². The van der Waals surface area contributed by atoms with Crippen molar-refractivity contribution in [2.24, 2.45) is 4.99 Å². The van der Waals surface area contributed by atoms with Crippen LogP contribution in [0.15, 0.2) is 15.6 Å². The number of nitrogens with zero attached hydrogens (tertiary/aromatic N) is 5. The number of aryl methyl sites for hydroxylation is 1. The van der Waals surface area contributed by atoms with Crippen LogP contribution in [0.25, 0.3) is 0 Å². The van der Waals surface area contributed by atoms with E-state index in [-0.39, 0.29) is 24.0 Å². The summed E-state index contributed by atoms with van der Waals surface area (Å²) in [6, 6.07) is 2.04. The van der Waals surface area contributed by atoms with Crippen molar-refractivity contribution >= 4 is 29.9 Å². The van der Waals surface area contributed by atoms with Crippen molar-refractivity contribution in [3.05, 3.63) is 29.2 Å². The quantitative estimate of drug-likeness (QED) is 0.338. The maximum Gasteiger partial charge on any atom is 0.192 e. The lowest BCUT2D eigenvalue weighted by Gasteiger charge is -2.10. The number of rotatable bonds is 8. The standard InChI is InChI=1S/C18H29N7O.HI/c1-4-13(5-2)15-10-14(26-24-15)11-20-18(19-6-3)21-12-17-23-22-16-8-7-9-25(16)17;/h10,13H,4-9,11-12H2,1-3H3,(H2,19,20,21);1H. The average molecular weight is 487 g/mol. The molecule has 2 aromatic rings. The molecule has 9 heteroatoms. The Morgan fingerprint density at radius 2 is 2.07 bits per heavy atom. The summed E-state index contributed by atoms with van der Waals surface area (Å²) in [5, 5.41) is 19.2. The second kappa shape index (κ2) is 10.6. The fourth-order valence-electron chi connectivity index (χ4n) is 3.30. The normalized spacial score (nSPS) is 13.6. The molecule has 0 atom stereocenters. The molecule has 2 N–H and O–H groups in total. The molecule has 3 heterocycles. The largest absolute Gasteiger partial charge is 0.359 e. The highest BCUT2D eigenvalue weighted by Gasteiger charge is 2.17. The first kappa shape index (κ1) is 21.6. The van der Waals surface area contributed by atoms with Gasteiger partial charge in [-0.1, -0.05) is 19.0 Å². The Morgan fingerprint density at radius 1 is 1.26 bits per heavy atom. The van der Waals surface area contributed by atoms with Crippen molar-refractivity contribution in [2.75, 3.05) is 6.54 Å². The van der Waals surface area contributed by atoms with Gasteiger partial charge < -0.3 is 19.7 Å². The molecule has 150 valence electrons. The number of hydrogen-bond donors (Lipinski definition) is 2. The Balaban J connectivity index is 0.00000261. The monoisotopic (exact) mass is 487 g/mol. The summed E-state index contributed by atoms with van der Waals surface area (Å²) in [6.07, 6.45) is 4.30. The Kier molecular flexibility index (Phi) is 8.52. The number of fused-ring (bicyclic) bond motifs is 1. The summed E-state index contributed by atoms with van der Waals surface area (Å²) in [7, 11) is 0. The zero-order valence-corrected chi connectivity index (χ0v) is 18.7. The van der Waals surface area contributed by atoms with Gasteiger partial charge in [0, 0.05) is 31.5 Å². The Bertz CT molecular complexity index is 736. The van der Waals surface area contributed by atoms with Crippen molar-refractivity contribution in [2.45, 2.75) is 72.0 Å². The van der Waals surface area contributed by atoms with Gasteiger partial charge in [-0.3, -0.25) is 0 Å². The van der Waals surface area contributed by atoms with Crippen molar-refractivity contribution < 1.29 is 4.52 Å². The van der Waals surface area contributed by atoms with Crippen molar-refractivity contribution in [3.8, 4) is 0 Å². The van der Waals surface area contributed by atoms with Crippen molar-refractivity contribution in [3.63, 3.8) is 0 Å². The number of halogens is 1. The maximum atomic E-state index is 5.47. The molecule has 0 fully saturated rings. The highest BCUT2D eigenvalue weighted by atomic mass is 127. The zero-order valence-electron chi connectivity index (χ0n) is 16.4. The molecule has 1 aliphatic rings. The van der Waals surface area contributed by atoms with Crippen LogP contribution in [0, 0.1) is 0 Å². The summed E-state index contributed by atoms with van der Waals surface area (Å²) in [6.45, 7) is 9.25. The van der Waals surface area contributed by atoms with Crippen LogP contribution in [-0.2, 0) is 26.1 Å². The molecule has 0 radical (unpaired) electrons. The van der Waals surface area contributed by atoms with Crippen LogP contribution in [-0.4, -0.2) is 32.4 Å². The minimum Gasteiger partial charge on any atom is -0.359 e. The van der Waals surface area contributed by atoms with Gasteiger partial charge in [-0.2, -0.15) is 0 Å². The third-order valence-corrected chi connectivity index (χ3v) is 4.82. The lowest BCUT2D eigenvalue weighted by Crippen LogP contribution is -2.36. The van der Waals surface area contributed by atoms with Gasteiger partial charge in [-0.05, 0) is 26.2 Å². The Labute approximate surface area is 177 Å². The lowest BCUT2D eigenvalue weighted by molar-refractivity contribution is 0.368. The molecule has 0 amide bonds. The van der Waals surface area contributed by atoms with Crippen molar-refractivity contribution in [1.29, 1.82) is 0 Å². The number of guanidine groups is 1. The molecule has 27 heavy (non-hydrogen) atoms. The first-order valence-electron chi connectivity index (χ1n) is 9.63. The third kappa shape index (κ3) is 5.43. The summed E-state index contributed by atoms with van der Waals surface area (Å²) in [4.78, 5) is 4.63.